The number of carboxylic acids is 1. The minimum Gasteiger partial charge on any atom is -0.476 e. The van der Waals surface area contributed by atoms with Crippen molar-refractivity contribution in [2.75, 3.05) is 19.6 Å². The molecule has 1 saturated carbocycles. The number of piperidine rings is 1. The summed E-state index contributed by atoms with van der Waals surface area (Å²) in [5.41, 5.74) is -0.464. The zero-order chi connectivity index (χ0) is 14.9. The molecule has 1 aromatic heterocycles. The van der Waals surface area contributed by atoms with Crippen LogP contribution < -0.4 is 0 Å². The largest absolute Gasteiger partial charge is 0.476 e. The molecule has 0 aromatic carbocycles. The van der Waals surface area contributed by atoms with Crippen LogP contribution in [-0.2, 0) is 6.54 Å². The molecule has 0 radical (unpaired) electrons. The number of likely N-dealkylation sites (tertiary alicyclic amines) is 1. The van der Waals surface area contributed by atoms with Gasteiger partial charge in [-0.15, -0.1) is 5.10 Å². The minimum atomic E-state index is -1.05. The third kappa shape index (κ3) is 3.08. The van der Waals surface area contributed by atoms with E-state index in [2.05, 4.69) is 15.2 Å². The van der Waals surface area contributed by atoms with Crippen molar-refractivity contribution in [1.29, 1.82) is 0 Å². The molecule has 7 nitrogen and oxygen atoms in total. The van der Waals surface area contributed by atoms with Crippen molar-refractivity contribution in [3.8, 4) is 0 Å². The van der Waals surface area contributed by atoms with E-state index in [1.54, 1.807) is 4.68 Å². The van der Waals surface area contributed by atoms with Crippen LogP contribution in [0.4, 0.5) is 0 Å². The Balaban J connectivity index is 1.53. The van der Waals surface area contributed by atoms with Gasteiger partial charge < -0.3 is 15.1 Å². The summed E-state index contributed by atoms with van der Waals surface area (Å²) in [6.45, 7) is 3.27. The summed E-state index contributed by atoms with van der Waals surface area (Å²) >= 11 is 0. The Morgan fingerprint density at radius 2 is 2.24 bits per heavy atom. The molecule has 2 fully saturated rings. The summed E-state index contributed by atoms with van der Waals surface area (Å²) in [5, 5.41) is 26.9. The quantitative estimate of drug-likeness (QED) is 0.845. The molecule has 2 aliphatic rings. The van der Waals surface area contributed by atoms with E-state index >= 15 is 0 Å². The Kier molecular flexibility index (Phi) is 3.95. The molecule has 1 saturated heterocycles. The molecule has 0 bridgehead atoms. The molecular formula is C14H22N4O3. The van der Waals surface area contributed by atoms with Gasteiger partial charge in [-0.3, -0.25) is 4.68 Å². The van der Waals surface area contributed by atoms with Gasteiger partial charge in [0, 0.05) is 25.6 Å². The molecule has 116 valence electrons. The average molecular weight is 294 g/mol. The topological polar surface area (TPSA) is 91.5 Å². The van der Waals surface area contributed by atoms with Crippen LogP contribution in [0, 0.1) is 5.92 Å². The molecule has 2 atom stereocenters. The first-order valence-electron chi connectivity index (χ1n) is 7.65. The standard InChI is InChI=1S/C14H22N4O3/c19-13(20)12-10-18(16-15-12)8-7-17-6-5-14(21)4-2-1-3-11(14)9-17/h10-11,21H,1-9H2,(H,19,20). The van der Waals surface area contributed by atoms with Gasteiger partial charge in [0.15, 0.2) is 5.69 Å². The van der Waals surface area contributed by atoms with Crippen molar-refractivity contribution in [2.24, 2.45) is 5.92 Å². The number of rotatable bonds is 4. The maximum absolute atomic E-state index is 10.8. The molecule has 0 spiro atoms. The monoisotopic (exact) mass is 294 g/mol. The van der Waals surface area contributed by atoms with Gasteiger partial charge in [0.25, 0.3) is 0 Å². The lowest BCUT2D eigenvalue weighted by molar-refractivity contribution is -0.0956. The van der Waals surface area contributed by atoms with Crippen LogP contribution in [0.25, 0.3) is 0 Å². The molecule has 1 aliphatic heterocycles. The summed E-state index contributed by atoms with van der Waals surface area (Å²) in [5.74, 6) is -0.670. The number of aromatic carboxylic acids is 1. The predicted octanol–water partition coefficient (Wildman–Crippen LogP) is 0.603. The number of hydrogen-bond donors (Lipinski definition) is 2. The molecule has 2 heterocycles. The number of hydrogen-bond acceptors (Lipinski definition) is 5. The maximum Gasteiger partial charge on any atom is 0.358 e. The van der Waals surface area contributed by atoms with Crippen molar-refractivity contribution in [2.45, 2.75) is 44.2 Å². The summed E-state index contributed by atoms with van der Waals surface area (Å²) < 4.78 is 1.57. The van der Waals surface area contributed by atoms with E-state index in [1.165, 1.54) is 12.6 Å². The number of aliphatic hydroxyl groups is 1. The smallest absolute Gasteiger partial charge is 0.358 e. The van der Waals surface area contributed by atoms with E-state index in [0.29, 0.717) is 12.5 Å². The highest BCUT2D eigenvalue weighted by Gasteiger charge is 2.42. The summed E-state index contributed by atoms with van der Waals surface area (Å²) in [7, 11) is 0. The Labute approximate surface area is 123 Å². The van der Waals surface area contributed by atoms with Crippen molar-refractivity contribution in [3.05, 3.63) is 11.9 Å². The Morgan fingerprint density at radius 1 is 1.38 bits per heavy atom. The van der Waals surface area contributed by atoms with Crippen LogP contribution in [0.5, 0.6) is 0 Å². The highest BCUT2D eigenvalue weighted by atomic mass is 16.4. The van der Waals surface area contributed by atoms with Crippen molar-refractivity contribution in [1.82, 2.24) is 19.9 Å². The lowest BCUT2D eigenvalue weighted by Crippen LogP contribution is -2.53. The lowest BCUT2D eigenvalue weighted by atomic mass is 9.71. The zero-order valence-corrected chi connectivity index (χ0v) is 12.1. The first-order valence-corrected chi connectivity index (χ1v) is 7.65. The Hall–Kier alpha value is -1.47. The molecule has 2 N–H and O–H groups in total. The average Bonchev–Trinajstić information content (AvgIpc) is 2.94. The number of aromatic nitrogens is 3. The Bertz CT molecular complexity index is 518. The fourth-order valence-electron chi connectivity index (χ4n) is 3.59. The highest BCUT2D eigenvalue weighted by Crippen LogP contribution is 2.39. The van der Waals surface area contributed by atoms with E-state index in [4.69, 9.17) is 5.11 Å². The third-order valence-corrected chi connectivity index (χ3v) is 4.91. The molecule has 1 aromatic rings. The molecule has 1 aliphatic carbocycles. The number of carboxylic acid groups (broad SMARTS) is 1. The highest BCUT2D eigenvalue weighted by molar-refractivity contribution is 5.84. The summed E-state index contributed by atoms with van der Waals surface area (Å²) in [6.07, 6.45) is 6.71. The predicted molar refractivity (Wildman–Crippen MR) is 74.9 cm³/mol. The van der Waals surface area contributed by atoms with E-state index in [-0.39, 0.29) is 5.69 Å². The second-order valence-electron chi connectivity index (χ2n) is 6.27. The van der Waals surface area contributed by atoms with Crippen molar-refractivity contribution < 1.29 is 15.0 Å². The SMILES string of the molecule is O=C(O)c1cn(CCN2CCC3(O)CCCCC3C2)nn1. The van der Waals surface area contributed by atoms with Crippen molar-refractivity contribution >= 4 is 5.97 Å². The first kappa shape index (κ1) is 14.5. The Morgan fingerprint density at radius 3 is 3.00 bits per heavy atom. The number of fused-ring (bicyclic) bond motifs is 1. The molecule has 7 heteroatoms. The van der Waals surface area contributed by atoms with E-state index in [9.17, 15) is 9.90 Å². The molecule has 2 unspecified atom stereocenters. The number of carbonyl (C=O) groups is 1. The van der Waals surface area contributed by atoms with E-state index < -0.39 is 11.6 Å². The third-order valence-electron chi connectivity index (χ3n) is 4.91. The van der Waals surface area contributed by atoms with Crippen LogP contribution in [0.1, 0.15) is 42.6 Å². The van der Waals surface area contributed by atoms with Gasteiger partial charge in [0.05, 0.1) is 18.3 Å². The van der Waals surface area contributed by atoms with Gasteiger partial charge in [-0.05, 0) is 19.3 Å². The van der Waals surface area contributed by atoms with Crippen molar-refractivity contribution in [3.63, 3.8) is 0 Å². The first-order chi connectivity index (χ1) is 10.1. The second kappa shape index (κ2) is 5.73. The van der Waals surface area contributed by atoms with Gasteiger partial charge in [-0.1, -0.05) is 18.1 Å². The van der Waals surface area contributed by atoms with Crippen LogP contribution in [0.2, 0.25) is 0 Å². The normalized spacial score (nSPS) is 30.0. The van der Waals surface area contributed by atoms with Gasteiger partial charge in [0.2, 0.25) is 0 Å². The second-order valence-corrected chi connectivity index (χ2v) is 6.27. The molecule has 0 amide bonds. The summed E-state index contributed by atoms with van der Waals surface area (Å²) in [4.78, 5) is 13.1. The zero-order valence-electron chi connectivity index (χ0n) is 12.1. The fraction of sp³-hybridized carbons (Fsp3) is 0.786. The van der Waals surface area contributed by atoms with Gasteiger partial charge >= 0.3 is 5.97 Å². The fourth-order valence-corrected chi connectivity index (χ4v) is 3.59. The van der Waals surface area contributed by atoms with E-state index in [0.717, 1.165) is 45.3 Å². The van der Waals surface area contributed by atoms with Gasteiger partial charge in [-0.2, -0.15) is 0 Å². The number of nitrogens with zero attached hydrogens (tertiary/aromatic N) is 4. The van der Waals surface area contributed by atoms with Gasteiger partial charge in [-0.25, -0.2) is 4.79 Å². The maximum atomic E-state index is 10.8. The van der Waals surface area contributed by atoms with Crippen LogP contribution in [-0.4, -0.2) is 61.3 Å². The van der Waals surface area contributed by atoms with Crippen LogP contribution in [0.15, 0.2) is 6.20 Å². The van der Waals surface area contributed by atoms with Gasteiger partial charge in [0.1, 0.15) is 0 Å². The van der Waals surface area contributed by atoms with Crippen LogP contribution >= 0.6 is 0 Å². The van der Waals surface area contributed by atoms with Crippen LogP contribution in [0.3, 0.4) is 0 Å². The molecule has 21 heavy (non-hydrogen) atoms. The van der Waals surface area contributed by atoms with E-state index in [1.807, 2.05) is 0 Å². The minimum absolute atomic E-state index is 0.0182. The molecular weight excluding hydrogens is 272 g/mol. The molecule has 3 rings (SSSR count). The lowest BCUT2D eigenvalue weighted by Gasteiger charge is -2.47. The summed E-state index contributed by atoms with van der Waals surface area (Å²) in [6, 6.07) is 0.